The number of hydrogen-bond acceptors (Lipinski definition) is 3. The Kier molecular flexibility index (Phi) is 5.36. The first-order chi connectivity index (χ1) is 8.89. The summed E-state index contributed by atoms with van der Waals surface area (Å²) in [6.07, 6.45) is 0.937. The Morgan fingerprint density at radius 1 is 1.42 bits per heavy atom. The molecule has 0 fully saturated rings. The maximum Gasteiger partial charge on any atom is 0.240 e. The van der Waals surface area contributed by atoms with Crippen LogP contribution >= 0.6 is 0 Å². The van der Waals surface area contributed by atoms with Gasteiger partial charge in [0.1, 0.15) is 17.9 Å². The maximum atomic E-state index is 11.6. The molecule has 0 aliphatic heterocycles. The second-order valence-electron chi connectivity index (χ2n) is 5.18. The number of aryl methyl sites for hydroxylation is 2. The molecule has 0 spiro atoms. The van der Waals surface area contributed by atoms with Gasteiger partial charge in [-0.05, 0) is 45.4 Å². The van der Waals surface area contributed by atoms with E-state index in [9.17, 15) is 4.79 Å². The number of ether oxygens (including phenoxy) is 1. The molecule has 19 heavy (non-hydrogen) atoms. The molecule has 4 heteroatoms. The van der Waals surface area contributed by atoms with Gasteiger partial charge in [0.2, 0.25) is 5.91 Å². The fourth-order valence-corrected chi connectivity index (χ4v) is 1.79. The van der Waals surface area contributed by atoms with Crippen molar-refractivity contribution in [2.24, 2.45) is 5.73 Å². The van der Waals surface area contributed by atoms with Crippen molar-refractivity contribution in [3.05, 3.63) is 29.3 Å². The van der Waals surface area contributed by atoms with E-state index in [1.54, 1.807) is 6.92 Å². The average Bonchev–Trinajstić information content (AvgIpc) is 2.35. The van der Waals surface area contributed by atoms with Gasteiger partial charge in [-0.15, -0.1) is 0 Å². The third-order valence-electron chi connectivity index (χ3n) is 3.16. The minimum atomic E-state index is -0.840. The molecule has 1 rings (SSSR count). The number of carbonyl (C=O) groups excluding carboxylic acids is 1. The smallest absolute Gasteiger partial charge is 0.240 e. The normalized spacial score (nSPS) is 13.9. The van der Waals surface area contributed by atoms with Crippen LogP contribution in [-0.4, -0.2) is 24.6 Å². The standard InChI is InChI=1S/C15H24N2O2/c1-5-8-17-15(4,14(16)18)10-19-13-7-6-11(2)9-12(13)3/h6-7,9,17H,5,8,10H2,1-4H3,(H2,16,18). The first-order valence-corrected chi connectivity index (χ1v) is 6.64. The summed E-state index contributed by atoms with van der Waals surface area (Å²) >= 11 is 0. The summed E-state index contributed by atoms with van der Waals surface area (Å²) < 4.78 is 5.75. The molecule has 3 N–H and O–H groups in total. The zero-order valence-corrected chi connectivity index (χ0v) is 12.2. The van der Waals surface area contributed by atoms with Gasteiger partial charge in [0.05, 0.1) is 0 Å². The van der Waals surface area contributed by atoms with Crippen LogP contribution in [0, 0.1) is 13.8 Å². The van der Waals surface area contributed by atoms with Crippen LogP contribution in [0.4, 0.5) is 0 Å². The molecule has 1 aromatic rings. The van der Waals surface area contributed by atoms with Crippen molar-refractivity contribution in [1.82, 2.24) is 5.32 Å². The molecule has 0 bridgehead atoms. The van der Waals surface area contributed by atoms with Gasteiger partial charge in [-0.3, -0.25) is 4.79 Å². The van der Waals surface area contributed by atoms with Crippen molar-refractivity contribution in [1.29, 1.82) is 0 Å². The highest BCUT2D eigenvalue weighted by molar-refractivity contribution is 5.84. The van der Waals surface area contributed by atoms with Gasteiger partial charge < -0.3 is 15.8 Å². The summed E-state index contributed by atoms with van der Waals surface area (Å²) in [6.45, 7) is 8.80. The summed E-state index contributed by atoms with van der Waals surface area (Å²) in [4.78, 5) is 11.6. The van der Waals surface area contributed by atoms with Crippen molar-refractivity contribution >= 4 is 5.91 Å². The summed E-state index contributed by atoms with van der Waals surface area (Å²) in [7, 11) is 0. The van der Waals surface area contributed by atoms with E-state index < -0.39 is 11.4 Å². The number of benzene rings is 1. The lowest BCUT2D eigenvalue weighted by Crippen LogP contribution is -2.57. The minimum Gasteiger partial charge on any atom is -0.491 e. The first-order valence-electron chi connectivity index (χ1n) is 6.64. The zero-order chi connectivity index (χ0) is 14.5. The molecule has 106 valence electrons. The number of nitrogens with two attached hydrogens (primary N) is 1. The van der Waals surface area contributed by atoms with Crippen LogP contribution in [0.25, 0.3) is 0 Å². The molecule has 0 heterocycles. The first kappa shape index (κ1) is 15.5. The topological polar surface area (TPSA) is 64.3 Å². The fraction of sp³-hybridized carbons (Fsp3) is 0.533. The molecule has 0 radical (unpaired) electrons. The maximum absolute atomic E-state index is 11.6. The van der Waals surface area contributed by atoms with Gasteiger partial charge >= 0.3 is 0 Å². The van der Waals surface area contributed by atoms with Crippen molar-refractivity contribution in [3.8, 4) is 5.75 Å². The third kappa shape index (κ3) is 4.24. The van der Waals surface area contributed by atoms with E-state index in [-0.39, 0.29) is 6.61 Å². The number of primary amides is 1. The largest absolute Gasteiger partial charge is 0.491 e. The second kappa shape index (κ2) is 6.57. The van der Waals surface area contributed by atoms with E-state index in [4.69, 9.17) is 10.5 Å². The van der Waals surface area contributed by atoms with Gasteiger partial charge in [-0.1, -0.05) is 24.6 Å². The van der Waals surface area contributed by atoms with E-state index in [0.717, 1.165) is 24.3 Å². The fourth-order valence-electron chi connectivity index (χ4n) is 1.79. The molecule has 1 unspecified atom stereocenters. The van der Waals surface area contributed by atoms with Gasteiger partial charge in [0, 0.05) is 0 Å². The van der Waals surface area contributed by atoms with Crippen LogP contribution in [0.1, 0.15) is 31.4 Å². The Morgan fingerprint density at radius 2 is 2.11 bits per heavy atom. The second-order valence-corrected chi connectivity index (χ2v) is 5.18. The summed E-state index contributed by atoms with van der Waals surface area (Å²) in [6, 6.07) is 5.96. The number of hydrogen-bond donors (Lipinski definition) is 2. The Balaban J connectivity index is 2.73. The van der Waals surface area contributed by atoms with Crippen LogP contribution in [0.5, 0.6) is 5.75 Å². The zero-order valence-electron chi connectivity index (χ0n) is 12.2. The molecule has 0 saturated heterocycles. The molecular formula is C15H24N2O2. The lowest BCUT2D eigenvalue weighted by molar-refractivity contribution is -0.125. The van der Waals surface area contributed by atoms with Crippen molar-refractivity contribution in [2.45, 2.75) is 39.7 Å². The van der Waals surface area contributed by atoms with Crippen molar-refractivity contribution in [3.63, 3.8) is 0 Å². The van der Waals surface area contributed by atoms with E-state index in [1.165, 1.54) is 5.56 Å². The van der Waals surface area contributed by atoms with Crippen LogP contribution < -0.4 is 15.8 Å². The minimum absolute atomic E-state index is 0.228. The van der Waals surface area contributed by atoms with Crippen LogP contribution in [0.3, 0.4) is 0 Å². The third-order valence-corrected chi connectivity index (χ3v) is 3.16. The van der Waals surface area contributed by atoms with E-state index in [0.29, 0.717) is 0 Å². The molecule has 1 aromatic carbocycles. The van der Waals surface area contributed by atoms with Crippen LogP contribution in [0.2, 0.25) is 0 Å². The average molecular weight is 264 g/mol. The highest BCUT2D eigenvalue weighted by Gasteiger charge is 2.31. The molecule has 0 aliphatic rings. The molecular weight excluding hydrogens is 240 g/mol. The van der Waals surface area contributed by atoms with Gasteiger partial charge in [-0.2, -0.15) is 0 Å². The summed E-state index contributed by atoms with van der Waals surface area (Å²) in [5, 5.41) is 3.15. The van der Waals surface area contributed by atoms with Gasteiger partial charge in [-0.25, -0.2) is 0 Å². The predicted octanol–water partition coefficient (Wildman–Crippen LogP) is 1.93. The number of amides is 1. The van der Waals surface area contributed by atoms with Crippen LogP contribution in [0.15, 0.2) is 18.2 Å². The molecule has 0 aromatic heterocycles. The highest BCUT2D eigenvalue weighted by atomic mass is 16.5. The number of nitrogens with one attached hydrogen (secondary N) is 1. The highest BCUT2D eigenvalue weighted by Crippen LogP contribution is 2.20. The van der Waals surface area contributed by atoms with Crippen molar-refractivity contribution in [2.75, 3.05) is 13.2 Å². The lowest BCUT2D eigenvalue weighted by Gasteiger charge is -2.27. The van der Waals surface area contributed by atoms with Gasteiger partial charge in [0.25, 0.3) is 0 Å². The Morgan fingerprint density at radius 3 is 2.63 bits per heavy atom. The van der Waals surface area contributed by atoms with E-state index in [1.807, 2.05) is 32.9 Å². The van der Waals surface area contributed by atoms with Crippen LogP contribution in [-0.2, 0) is 4.79 Å². The monoisotopic (exact) mass is 264 g/mol. The van der Waals surface area contributed by atoms with Crippen molar-refractivity contribution < 1.29 is 9.53 Å². The lowest BCUT2D eigenvalue weighted by atomic mass is 10.0. The molecule has 1 atom stereocenters. The predicted molar refractivity (Wildman–Crippen MR) is 77.3 cm³/mol. The SMILES string of the molecule is CCCNC(C)(COc1ccc(C)cc1C)C(N)=O. The van der Waals surface area contributed by atoms with E-state index >= 15 is 0 Å². The Bertz CT molecular complexity index is 446. The molecule has 0 aliphatic carbocycles. The molecule has 1 amide bonds. The molecule has 0 saturated carbocycles. The summed E-state index contributed by atoms with van der Waals surface area (Å²) in [5.41, 5.74) is 6.86. The molecule has 4 nitrogen and oxygen atoms in total. The quantitative estimate of drug-likeness (QED) is 0.791. The summed E-state index contributed by atoms with van der Waals surface area (Å²) in [5.74, 6) is 0.391. The van der Waals surface area contributed by atoms with E-state index in [2.05, 4.69) is 11.4 Å². The Labute approximate surface area is 115 Å². The Hall–Kier alpha value is -1.55. The number of carbonyl (C=O) groups is 1. The van der Waals surface area contributed by atoms with Gasteiger partial charge in [0.15, 0.2) is 0 Å². The number of rotatable bonds is 7.